The molecule has 0 spiro atoms. The molecular formula is C30H24N2O7S. The molecule has 1 atom stereocenters. The van der Waals surface area contributed by atoms with Gasteiger partial charge in [-0.3, -0.25) is 14.5 Å². The van der Waals surface area contributed by atoms with Crippen LogP contribution in [0.5, 0.6) is 17.2 Å². The lowest BCUT2D eigenvalue weighted by Gasteiger charge is -2.24. The van der Waals surface area contributed by atoms with E-state index in [9.17, 15) is 14.7 Å². The summed E-state index contributed by atoms with van der Waals surface area (Å²) in [5.41, 5.74) is 1.49. The predicted octanol–water partition coefficient (Wildman–Crippen LogP) is 6.24. The maximum Gasteiger partial charge on any atom is 0.296 e. The number of anilines is 1. The molecule has 5 aromatic rings. The fourth-order valence-electron chi connectivity index (χ4n) is 4.86. The molecule has 1 aliphatic heterocycles. The second-order valence-corrected chi connectivity index (χ2v) is 10.0. The van der Waals surface area contributed by atoms with Gasteiger partial charge >= 0.3 is 0 Å². The average Bonchev–Trinajstić information content (AvgIpc) is 3.66. The lowest BCUT2D eigenvalue weighted by Crippen LogP contribution is -2.31. The zero-order valence-electron chi connectivity index (χ0n) is 21.8. The first-order chi connectivity index (χ1) is 19.4. The minimum absolute atomic E-state index is 0.0331. The first kappa shape index (κ1) is 25.4. The van der Waals surface area contributed by atoms with Crippen molar-refractivity contribution in [2.75, 3.05) is 25.7 Å². The van der Waals surface area contributed by atoms with Crippen molar-refractivity contribution in [3.05, 3.63) is 89.4 Å². The average molecular weight is 557 g/mol. The number of hydrogen-bond donors (Lipinski definition) is 1. The molecule has 0 bridgehead atoms. The second kappa shape index (κ2) is 10.0. The minimum Gasteiger partial charge on any atom is -0.503 e. The van der Waals surface area contributed by atoms with Crippen LogP contribution in [0.4, 0.5) is 5.13 Å². The van der Waals surface area contributed by atoms with Gasteiger partial charge < -0.3 is 23.7 Å². The highest BCUT2D eigenvalue weighted by Crippen LogP contribution is 2.45. The normalized spacial score (nSPS) is 15.3. The Labute approximate surface area is 232 Å². The highest BCUT2D eigenvalue weighted by Gasteiger charge is 2.46. The van der Waals surface area contributed by atoms with E-state index >= 15 is 0 Å². The summed E-state index contributed by atoms with van der Waals surface area (Å²) < 4.78 is 23.1. The molecule has 0 aliphatic carbocycles. The number of nitrogens with zero attached hydrogens (tertiary/aromatic N) is 2. The summed E-state index contributed by atoms with van der Waals surface area (Å²) >= 11 is 1.26. The standard InChI is InChI=1S/C30H24N2O7S/c1-4-38-19-11-12-20-23(15-19)40-30(31-20)32-25(16-7-5-9-18(13-16)36-2)24(27(34)29(32)35)26(33)22-14-17-8-6-10-21(37-3)28(17)39-22/h5-15,25,34H,4H2,1-3H3. The van der Waals surface area contributed by atoms with Crippen LogP contribution in [-0.2, 0) is 4.79 Å². The van der Waals surface area contributed by atoms with Crippen LogP contribution in [0.15, 0.2) is 82.5 Å². The number of rotatable bonds is 8. The molecule has 10 heteroatoms. The zero-order valence-corrected chi connectivity index (χ0v) is 22.7. The lowest BCUT2D eigenvalue weighted by atomic mass is 9.95. The van der Waals surface area contributed by atoms with Gasteiger partial charge in [-0.15, -0.1) is 0 Å². The molecule has 2 aromatic heterocycles. The van der Waals surface area contributed by atoms with E-state index in [2.05, 4.69) is 4.98 Å². The number of carbonyl (C=O) groups excluding carboxylic acids is 2. The molecule has 1 unspecified atom stereocenters. The number of thiazole rings is 1. The summed E-state index contributed by atoms with van der Waals surface area (Å²) in [4.78, 5) is 33.6. The summed E-state index contributed by atoms with van der Waals surface area (Å²) in [6.45, 7) is 2.41. The molecule has 1 aliphatic rings. The third-order valence-corrected chi connectivity index (χ3v) is 7.70. The monoisotopic (exact) mass is 556 g/mol. The number of benzene rings is 3. The zero-order chi connectivity index (χ0) is 28.0. The smallest absolute Gasteiger partial charge is 0.296 e. The van der Waals surface area contributed by atoms with E-state index in [0.717, 1.165) is 4.70 Å². The van der Waals surface area contributed by atoms with Gasteiger partial charge in [0.2, 0.25) is 5.78 Å². The summed E-state index contributed by atoms with van der Waals surface area (Å²) in [6, 6.07) is 18.3. The molecule has 3 aromatic carbocycles. The Morgan fingerprint density at radius 2 is 1.88 bits per heavy atom. The number of aromatic nitrogens is 1. The predicted molar refractivity (Wildman–Crippen MR) is 151 cm³/mol. The number of carbonyl (C=O) groups is 2. The van der Waals surface area contributed by atoms with Crippen LogP contribution in [0.2, 0.25) is 0 Å². The fraction of sp³-hybridized carbons (Fsp3) is 0.167. The molecule has 6 rings (SSSR count). The summed E-state index contributed by atoms with van der Waals surface area (Å²) in [5, 5.41) is 12.1. The Morgan fingerprint density at radius 1 is 1.05 bits per heavy atom. The number of ether oxygens (including phenoxy) is 3. The van der Waals surface area contributed by atoms with Crippen molar-refractivity contribution in [2.45, 2.75) is 13.0 Å². The van der Waals surface area contributed by atoms with E-state index in [-0.39, 0.29) is 11.3 Å². The van der Waals surface area contributed by atoms with Gasteiger partial charge in [-0.25, -0.2) is 4.98 Å². The van der Waals surface area contributed by atoms with E-state index in [1.807, 2.05) is 19.1 Å². The maximum atomic E-state index is 14.0. The molecule has 40 heavy (non-hydrogen) atoms. The summed E-state index contributed by atoms with van der Waals surface area (Å²) in [7, 11) is 3.04. The highest BCUT2D eigenvalue weighted by molar-refractivity contribution is 7.22. The summed E-state index contributed by atoms with van der Waals surface area (Å²) in [6.07, 6.45) is 0. The highest BCUT2D eigenvalue weighted by atomic mass is 32.1. The van der Waals surface area contributed by atoms with Gasteiger partial charge in [0, 0.05) is 5.39 Å². The van der Waals surface area contributed by atoms with Gasteiger partial charge in [0.15, 0.2) is 28.0 Å². The van der Waals surface area contributed by atoms with Crippen molar-refractivity contribution < 1.29 is 33.3 Å². The second-order valence-electron chi connectivity index (χ2n) is 8.99. The van der Waals surface area contributed by atoms with Crippen molar-refractivity contribution in [3.63, 3.8) is 0 Å². The van der Waals surface area contributed by atoms with E-state index in [1.165, 1.54) is 30.5 Å². The van der Waals surface area contributed by atoms with Crippen LogP contribution in [0, 0.1) is 0 Å². The Morgan fingerprint density at radius 3 is 2.65 bits per heavy atom. The number of Topliss-reactive ketones (excluding diaryl/α,β-unsaturated/α-hetero) is 1. The van der Waals surface area contributed by atoms with Gasteiger partial charge in [0.05, 0.1) is 42.7 Å². The first-order valence-corrected chi connectivity index (χ1v) is 13.3. The molecule has 0 radical (unpaired) electrons. The van der Waals surface area contributed by atoms with Crippen molar-refractivity contribution in [2.24, 2.45) is 0 Å². The Bertz CT molecular complexity index is 1820. The number of methoxy groups -OCH3 is 2. The van der Waals surface area contributed by atoms with Gasteiger partial charge in [-0.2, -0.15) is 0 Å². The first-order valence-electron chi connectivity index (χ1n) is 12.5. The topological polar surface area (TPSA) is 111 Å². The number of furan rings is 1. The third-order valence-electron chi connectivity index (χ3n) is 6.68. The molecule has 0 fully saturated rings. The fourth-order valence-corrected chi connectivity index (χ4v) is 5.88. The minimum atomic E-state index is -0.989. The van der Waals surface area contributed by atoms with E-state index in [0.29, 0.717) is 51.0 Å². The van der Waals surface area contributed by atoms with E-state index in [4.69, 9.17) is 18.6 Å². The molecule has 0 saturated carbocycles. The number of amides is 1. The quantitative estimate of drug-likeness (QED) is 0.224. The number of aliphatic hydroxyl groups is 1. The van der Waals surface area contributed by atoms with Crippen LogP contribution in [-0.4, -0.2) is 42.6 Å². The van der Waals surface area contributed by atoms with Crippen molar-refractivity contribution in [3.8, 4) is 17.2 Å². The Balaban J connectivity index is 1.49. The van der Waals surface area contributed by atoms with Crippen LogP contribution in [0.25, 0.3) is 21.2 Å². The molecule has 0 saturated heterocycles. The van der Waals surface area contributed by atoms with Crippen LogP contribution >= 0.6 is 11.3 Å². The molecule has 1 N–H and O–H groups in total. The van der Waals surface area contributed by atoms with Crippen molar-refractivity contribution in [1.82, 2.24) is 4.98 Å². The SMILES string of the molecule is CCOc1ccc2nc(N3C(=O)C(O)=C(C(=O)c4cc5cccc(OC)c5o4)C3c3cccc(OC)c3)sc2c1. The Kier molecular flexibility index (Phi) is 6.39. The number of aliphatic hydroxyl groups excluding tert-OH is 1. The molecule has 202 valence electrons. The van der Waals surface area contributed by atoms with Crippen molar-refractivity contribution in [1.29, 1.82) is 0 Å². The van der Waals surface area contributed by atoms with Crippen molar-refractivity contribution >= 4 is 49.3 Å². The number of ketones is 1. The van der Waals surface area contributed by atoms with Gasteiger partial charge in [-0.05, 0) is 55.0 Å². The van der Waals surface area contributed by atoms with Gasteiger partial charge in [0.25, 0.3) is 5.91 Å². The number of fused-ring (bicyclic) bond motifs is 2. The number of para-hydroxylation sites is 1. The Hall–Kier alpha value is -4.83. The van der Waals surface area contributed by atoms with Crippen LogP contribution < -0.4 is 19.1 Å². The number of hydrogen-bond acceptors (Lipinski definition) is 9. The van der Waals surface area contributed by atoms with Crippen LogP contribution in [0.1, 0.15) is 29.1 Å². The third kappa shape index (κ3) is 4.13. The summed E-state index contributed by atoms with van der Waals surface area (Å²) in [5.74, 6) is -0.396. The van der Waals surface area contributed by atoms with E-state index in [1.54, 1.807) is 54.6 Å². The lowest BCUT2D eigenvalue weighted by molar-refractivity contribution is -0.117. The maximum absolute atomic E-state index is 14.0. The molecule has 3 heterocycles. The molecule has 9 nitrogen and oxygen atoms in total. The van der Waals surface area contributed by atoms with Gasteiger partial charge in [0.1, 0.15) is 11.5 Å². The van der Waals surface area contributed by atoms with E-state index < -0.39 is 23.5 Å². The largest absolute Gasteiger partial charge is 0.503 e. The van der Waals surface area contributed by atoms with Crippen LogP contribution in [0.3, 0.4) is 0 Å². The molecular weight excluding hydrogens is 532 g/mol. The molecule has 1 amide bonds. The van der Waals surface area contributed by atoms with Gasteiger partial charge in [-0.1, -0.05) is 35.6 Å².